The molecule has 0 aromatic heterocycles. The van der Waals surface area contributed by atoms with Gasteiger partial charge < -0.3 is 0 Å². The van der Waals surface area contributed by atoms with E-state index in [-0.39, 0.29) is 0 Å². The van der Waals surface area contributed by atoms with Gasteiger partial charge in [-0.05, 0) is 67.1 Å². The molecule has 0 heteroatoms. The van der Waals surface area contributed by atoms with Crippen LogP contribution in [0.4, 0.5) is 0 Å². The lowest BCUT2D eigenvalue weighted by atomic mass is 9.51. The maximum absolute atomic E-state index is 2.62. The lowest BCUT2D eigenvalue weighted by molar-refractivity contribution is -0.0467. The molecule has 0 aliphatic heterocycles. The number of hydrogen-bond donors (Lipinski definition) is 0. The van der Waals surface area contributed by atoms with Crippen LogP contribution in [0, 0.1) is 35.0 Å². The van der Waals surface area contributed by atoms with E-state index in [0.717, 1.165) is 29.6 Å². The van der Waals surface area contributed by atoms with Crippen molar-refractivity contribution in [2.45, 2.75) is 59.3 Å². The fourth-order valence-corrected chi connectivity index (χ4v) is 5.30. The SMILES string of the molecule is CC(C)C1(C)C2CCC3CC(C2)CC1C3. The molecule has 4 fully saturated rings. The second kappa shape index (κ2) is 3.25. The summed E-state index contributed by atoms with van der Waals surface area (Å²) < 4.78 is 0. The van der Waals surface area contributed by atoms with E-state index in [1.807, 2.05) is 0 Å². The zero-order valence-electron chi connectivity index (χ0n) is 10.6. The van der Waals surface area contributed by atoms with Gasteiger partial charge in [-0.2, -0.15) is 0 Å². The van der Waals surface area contributed by atoms with E-state index in [1.165, 1.54) is 0 Å². The Labute approximate surface area is 94.8 Å². The van der Waals surface area contributed by atoms with E-state index in [9.17, 15) is 0 Å². The molecule has 4 aliphatic carbocycles. The van der Waals surface area contributed by atoms with Crippen molar-refractivity contribution in [3.05, 3.63) is 0 Å². The quantitative estimate of drug-likeness (QED) is 0.593. The van der Waals surface area contributed by atoms with Gasteiger partial charge in [0.25, 0.3) is 0 Å². The molecule has 86 valence electrons. The third kappa shape index (κ3) is 1.33. The average Bonchev–Trinajstić information content (AvgIpc) is 2.39. The minimum Gasteiger partial charge on any atom is -0.0622 e. The van der Waals surface area contributed by atoms with Crippen LogP contribution in [0.5, 0.6) is 0 Å². The number of fused-ring (bicyclic) bond motifs is 1. The standard InChI is InChI=1S/C15H26/c1-10(2)15(3)13-5-4-11-6-12(8-13)9-14(15)7-11/h10-14H,4-9H2,1-3H3. The van der Waals surface area contributed by atoms with Crippen molar-refractivity contribution >= 4 is 0 Å². The zero-order valence-corrected chi connectivity index (χ0v) is 10.6. The first-order valence-electron chi connectivity index (χ1n) is 7.10. The van der Waals surface area contributed by atoms with E-state index in [4.69, 9.17) is 0 Å². The molecular formula is C15H26. The highest BCUT2D eigenvalue weighted by molar-refractivity contribution is 5.02. The fraction of sp³-hybridized carbons (Fsp3) is 1.00. The number of rotatable bonds is 1. The molecule has 0 N–H and O–H groups in total. The molecular weight excluding hydrogens is 180 g/mol. The van der Waals surface area contributed by atoms with Gasteiger partial charge in [0.2, 0.25) is 0 Å². The first-order valence-corrected chi connectivity index (χ1v) is 7.10. The van der Waals surface area contributed by atoms with Crippen LogP contribution in [-0.4, -0.2) is 0 Å². The largest absolute Gasteiger partial charge is 0.0622 e. The maximum Gasteiger partial charge on any atom is -0.0246 e. The van der Waals surface area contributed by atoms with Crippen molar-refractivity contribution in [1.29, 1.82) is 0 Å². The topological polar surface area (TPSA) is 0 Å². The molecule has 0 radical (unpaired) electrons. The lowest BCUT2D eigenvalue weighted by Gasteiger charge is -2.54. The Bertz CT molecular complexity index is 245. The molecule has 15 heavy (non-hydrogen) atoms. The van der Waals surface area contributed by atoms with Gasteiger partial charge in [-0.15, -0.1) is 0 Å². The molecule has 0 aromatic carbocycles. The summed E-state index contributed by atoms with van der Waals surface area (Å²) in [6.45, 7) is 7.57. The Hall–Kier alpha value is 0. The molecule has 5 unspecified atom stereocenters. The number of hydrogen-bond acceptors (Lipinski definition) is 0. The van der Waals surface area contributed by atoms with Crippen LogP contribution in [0.2, 0.25) is 0 Å². The third-order valence-corrected chi connectivity index (χ3v) is 6.45. The van der Waals surface area contributed by atoms with Gasteiger partial charge in [0.15, 0.2) is 0 Å². The zero-order chi connectivity index (χ0) is 10.6. The molecule has 0 nitrogen and oxygen atoms in total. The van der Waals surface area contributed by atoms with E-state index in [1.54, 1.807) is 38.5 Å². The normalized spacial score (nSPS) is 53.6. The predicted molar refractivity (Wildman–Crippen MR) is 64.6 cm³/mol. The van der Waals surface area contributed by atoms with Crippen LogP contribution < -0.4 is 0 Å². The van der Waals surface area contributed by atoms with Crippen molar-refractivity contribution in [2.24, 2.45) is 35.0 Å². The van der Waals surface area contributed by atoms with Crippen molar-refractivity contribution in [2.75, 3.05) is 0 Å². The predicted octanol–water partition coefficient (Wildman–Crippen LogP) is 4.49. The van der Waals surface area contributed by atoms with Crippen molar-refractivity contribution in [3.63, 3.8) is 0 Å². The summed E-state index contributed by atoms with van der Waals surface area (Å²) >= 11 is 0. The van der Waals surface area contributed by atoms with E-state index >= 15 is 0 Å². The Morgan fingerprint density at radius 2 is 1.53 bits per heavy atom. The molecule has 0 amide bonds. The van der Waals surface area contributed by atoms with Gasteiger partial charge >= 0.3 is 0 Å². The molecule has 4 rings (SSSR count). The average molecular weight is 206 g/mol. The smallest absolute Gasteiger partial charge is 0.0246 e. The Morgan fingerprint density at radius 3 is 2.27 bits per heavy atom. The molecule has 4 bridgehead atoms. The van der Waals surface area contributed by atoms with Crippen molar-refractivity contribution in [3.8, 4) is 0 Å². The first kappa shape index (κ1) is 10.2. The lowest BCUT2D eigenvalue weighted by Crippen LogP contribution is -2.46. The van der Waals surface area contributed by atoms with Gasteiger partial charge in [0, 0.05) is 0 Å². The Balaban J connectivity index is 1.97. The second-order valence-corrected chi connectivity index (χ2v) is 7.17. The summed E-state index contributed by atoms with van der Waals surface area (Å²) in [5.41, 5.74) is 0.686. The van der Waals surface area contributed by atoms with E-state index in [0.29, 0.717) is 5.41 Å². The third-order valence-electron chi connectivity index (χ3n) is 6.45. The Kier molecular flexibility index (Phi) is 2.20. The minimum absolute atomic E-state index is 0.686. The van der Waals surface area contributed by atoms with Gasteiger partial charge in [-0.3, -0.25) is 0 Å². The van der Waals surface area contributed by atoms with Crippen LogP contribution in [0.25, 0.3) is 0 Å². The van der Waals surface area contributed by atoms with Crippen LogP contribution in [-0.2, 0) is 0 Å². The highest BCUT2D eigenvalue weighted by atomic mass is 14.6. The van der Waals surface area contributed by atoms with Gasteiger partial charge in [-0.1, -0.05) is 27.2 Å². The Morgan fingerprint density at radius 1 is 0.867 bits per heavy atom. The molecule has 0 aromatic rings. The van der Waals surface area contributed by atoms with Gasteiger partial charge in [-0.25, -0.2) is 0 Å². The summed E-state index contributed by atoms with van der Waals surface area (Å²) in [6, 6.07) is 0. The van der Waals surface area contributed by atoms with E-state index < -0.39 is 0 Å². The van der Waals surface area contributed by atoms with E-state index in [2.05, 4.69) is 20.8 Å². The van der Waals surface area contributed by atoms with Crippen LogP contribution in [0.1, 0.15) is 59.3 Å². The summed E-state index contributed by atoms with van der Waals surface area (Å²) in [5, 5.41) is 0. The van der Waals surface area contributed by atoms with Crippen LogP contribution in [0.15, 0.2) is 0 Å². The molecule has 0 spiro atoms. The summed E-state index contributed by atoms with van der Waals surface area (Å²) in [5.74, 6) is 5.26. The summed E-state index contributed by atoms with van der Waals surface area (Å²) in [7, 11) is 0. The molecule has 0 saturated heterocycles. The van der Waals surface area contributed by atoms with Gasteiger partial charge in [0.1, 0.15) is 0 Å². The fourth-order valence-electron chi connectivity index (χ4n) is 5.30. The first-order chi connectivity index (χ1) is 7.10. The van der Waals surface area contributed by atoms with Gasteiger partial charge in [0.05, 0.1) is 0 Å². The summed E-state index contributed by atoms with van der Waals surface area (Å²) in [6.07, 6.45) is 9.40. The van der Waals surface area contributed by atoms with Crippen molar-refractivity contribution < 1.29 is 0 Å². The molecule has 0 heterocycles. The van der Waals surface area contributed by atoms with Crippen LogP contribution >= 0.6 is 0 Å². The molecule has 4 saturated carbocycles. The highest BCUT2D eigenvalue weighted by Crippen LogP contribution is 2.62. The maximum atomic E-state index is 2.62. The minimum atomic E-state index is 0.686. The monoisotopic (exact) mass is 206 g/mol. The highest BCUT2D eigenvalue weighted by Gasteiger charge is 2.53. The summed E-state index contributed by atoms with van der Waals surface area (Å²) in [4.78, 5) is 0. The molecule has 4 aliphatic rings. The second-order valence-electron chi connectivity index (χ2n) is 7.17. The van der Waals surface area contributed by atoms with Crippen LogP contribution in [0.3, 0.4) is 0 Å². The molecule has 5 atom stereocenters. The van der Waals surface area contributed by atoms with Crippen molar-refractivity contribution in [1.82, 2.24) is 0 Å².